The molecule has 1 aromatic carbocycles. The summed E-state index contributed by atoms with van der Waals surface area (Å²) in [7, 11) is 0. The van der Waals surface area contributed by atoms with Crippen LogP contribution < -0.4 is 5.73 Å². The Morgan fingerprint density at radius 1 is 1.15 bits per heavy atom. The molecule has 5 heteroatoms. The number of nitrogens with zero attached hydrogens (tertiary/aromatic N) is 2. The van der Waals surface area contributed by atoms with Gasteiger partial charge in [-0.25, -0.2) is 9.37 Å². The summed E-state index contributed by atoms with van der Waals surface area (Å²) in [6.45, 7) is 0.516. The number of pyridine rings is 1. The van der Waals surface area contributed by atoms with Crippen molar-refractivity contribution in [1.82, 2.24) is 9.97 Å². The Hall–Kier alpha value is -2.11. The number of nitrogens with two attached hydrogens (primary N) is 1. The topological polar surface area (TPSA) is 51.8 Å². The van der Waals surface area contributed by atoms with Crippen molar-refractivity contribution in [2.45, 2.75) is 6.54 Å². The monoisotopic (exact) mass is 285 g/mol. The molecule has 2 N–H and O–H groups in total. The number of hydrogen-bond donors (Lipinski definition) is 1. The quantitative estimate of drug-likeness (QED) is 0.801. The van der Waals surface area contributed by atoms with Crippen LogP contribution >= 0.6 is 11.3 Å². The van der Waals surface area contributed by atoms with E-state index in [1.807, 2.05) is 29.6 Å². The average Bonchev–Trinajstić information content (AvgIpc) is 2.97. The third-order valence-corrected chi connectivity index (χ3v) is 3.80. The van der Waals surface area contributed by atoms with Crippen LogP contribution in [0.1, 0.15) is 5.56 Å². The molecule has 20 heavy (non-hydrogen) atoms. The van der Waals surface area contributed by atoms with Gasteiger partial charge in [-0.05, 0) is 17.7 Å². The SMILES string of the molecule is NCc1ccc(-c2csc(-c3ncccc3F)n2)cc1. The normalized spacial score (nSPS) is 10.7. The van der Waals surface area contributed by atoms with Gasteiger partial charge in [0.15, 0.2) is 5.82 Å². The second-order valence-corrected chi connectivity index (χ2v) is 5.13. The summed E-state index contributed by atoms with van der Waals surface area (Å²) < 4.78 is 13.7. The number of hydrogen-bond acceptors (Lipinski definition) is 4. The summed E-state index contributed by atoms with van der Waals surface area (Å²) in [5, 5.41) is 2.49. The predicted octanol–water partition coefficient (Wildman–Crippen LogP) is 3.47. The molecule has 0 unspecified atom stereocenters. The maximum absolute atomic E-state index is 13.7. The van der Waals surface area contributed by atoms with Crippen molar-refractivity contribution in [3.8, 4) is 22.0 Å². The van der Waals surface area contributed by atoms with Gasteiger partial charge in [-0.1, -0.05) is 24.3 Å². The van der Waals surface area contributed by atoms with Gasteiger partial charge in [0.1, 0.15) is 10.7 Å². The Bertz CT molecular complexity index is 722. The van der Waals surface area contributed by atoms with Gasteiger partial charge < -0.3 is 5.73 Å². The van der Waals surface area contributed by atoms with E-state index >= 15 is 0 Å². The van der Waals surface area contributed by atoms with Crippen molar-refractivity contribution in [2.75, 3.05) is 0 Å². The number of halogens is 1. The van der Waals surface area contributed by atoms with Crippen LogP contribution in [0.5, 0.6) is 0 Å². The average molecular weight is 285 g/mol. The van der Waals surface area contributed by atoms with E-state index in [-0.39, 0.29) is 5.82 Å². The first-order valence-electron chi connectivity index (χ1n) is 6.14. The standard InChI is InChI=1S/C15H12FN3S/c16-12-2-1-7-18-14(12)15-19-13(9-20-15)11-5-3-10(8-17)4-6-11/h1-7,9H,8,17H2. The Morgan fingerprint density at radius 2 is 1.95 bits per heavy atom. The summed E-state index contributed by atoms with van der Waals surface area (Å²) in [5.74, 6) is -0.355. The molecule has 100 valence electrons. The first kappa shape index (κ1) is 12.9. The van der Waals surface area contributed by atoms with Gasteiger partial charge in [-0.15, -0.1) is 11.3 Å². The maximum atomic E-state index is 13.7. The molecule has 3 aromatic rings. The van der Waals surface area contributed by atoms with E-state index in [0.29, 0.717) is 17.2 Å². The van der Waals surface area contributed by atoms with Crippen LogP contribution in [0.25, 0.3) is 22.0 Å². The molecule has 0 aliphatic carbocycles. The van der Waals surface area contributed by atoms with E-state index in [1.165, 1.54) is 17.4 Å². The number of aromatic nitrogens is 2. The van der Waals surface area contributed by atoms with Crippen molar-refractivity contribution >= 4 is 11.3 Å². The zero-order valence-corrected chi connectivity index (χ0v) is 11.4. The first-order chi connectivity index (χ1) is 9.78. The lowest BCUT2D eigenvalue weighted by Gasteiger charge is -1.99. The Kier molecular flexibility index (Phi) is 3.54. The third kappa shape index (κ3) is 2.45. The molecule has 2 aromatic heterocycles. The van der Waals surface area contributed by atoms with Crippen molar-refractivity contribution in [2.24, 2.45) is 5.73 Å². The molecule has 0 fully saturated rings. The lowest BCUT2D eigenvalue weighted by molar-refractivity contribution is 0.625. The molecule has 0 bridgehead atoms. The second-order valence-electron chi connectivity index (χ2n) is 4.27. The van der Waals surface area contributed by atoms with Gasteiger partial charge in [0.2, 0.25) is 0 Å². The molecule has 0 saturated carbocycles. The molecule has 0 radical (unpaired) electrons. The van der Waals surface area contributed by atoms with Crippen molar-refractivity contribution in [3.05, 3.63) is 59.4 Å². The van der Waals surface area contributed by atoms with E-state index in [4.69, 9.17) is 5.73 Å². The lowest BCUT2D eigenvalue weighted by Crippen LogP contribution is -1.95. The fraction of sp³-hybridized carbons (Fsp3) is 0.0667. The van der Waals surface area contributed by atoms with E-state index in [1.54, 1.807) is 12.3 Å². The molecule has 0 saturated heterocycles. The minimum Gasteiger partial charge on any atom is -0.326 e. The first-order valence-corrected chi connectivity index (χ1v) is 7.01. The summed E-state index contributed by atoms with van der Waals surface area (Å²) in [6.07, 6.45) is 1.57. The van der Waals surface area contributed by atoms with Crippen LogP contribution in [0.2, 0.25) is 0 Å². The lowest BCUT2D eigenvalue weighted by atomic mass is 10.1. The highest BCUT2D eigenvalue weighted by molar-refractivity contribution is 7.13. The molecule has 3 rings (SSSR count). The molecular formula is C15H12FN3S. The van der Waals surface area contributed by atoms with Crippen molar-refractivity contribution in [3.63, 3.8) is 0 Å². The highest BCUT2D eigenvalue weighted by Crippen LogP contribution is 2.29. The van der Waals surface area contributed by atoms with Crippen LogP contribution in [-0.2, 0) is 6.54 Å². The molecule has 0 atom stereocenters. The highest BCUT2D eigenvalue weighted by Gasteiger charge is 2.11. The number of thiazole rings is 1. The molecule has 0 amide bonds. The smallest absolute Gasteiger partial charge is 0.151 e. The molecule has 3 nitrogen and oxygen atoms in total. The number of benzene rings is 1. The summed E-state index contributed by atoms with van der Waals surface area (Å²) in [5.41, 5.74) is 8.74. The maximum Gasteiger partial charge on any atom is 0.151 e. The molecule has 0 spiro atoms. The summed E-state index contributed by atoms with van der Waals surface area (Å²) in [4.78, 5) is 8.49. The highest BCUT2D eigenvalue weighted by atomic mass is 32.1. The molecule has 2 heterocycles. The predicted molar refractivity (Wildman–Crippen MR) is 78.6 cm³/mol. The summed E-state index contributed by atoms with van der Waals surface area (Å²) in [6, 6.07) is 10.8. The van der Waals surface area contributed by atoms with Gasteiger partial charge in [-0.3, -0.25) is 4.98 Å². The van der Waals surface area contributed by atoms with E-state index in [0.717, 1.165) is 16.8 Å². The second kappa shape index (κ2) is 5.48. The van der Waals surface area contributed by atoms with Crippen molar-refractivity contribution in [1.29, 1.82) is 0 Å². The van der Waals surface area contributed by atoms with Gasteiger partial charge >= 0.3 is 0 Å². The largest absolute Gasteiger partial charge is 0.326 e. The van der Waals surface area contributed by atoms with E-state index in [2.05, 4.69) is 9.97 Å². The Morgan fingerprint density at radius 3 is 2.65 bits per heavy atom. The van der Waals surface area contributed by atoms with E-state index < -0.39 is 0 Å². The minimum absolute atomic E-state index is 0.294. The van der Waals surface area contributed by atoms with E-state index in [9.17, 15) is 4.39 Å². The van der Waals surface area contributed by atoms with Crippen LogP contribution in [0, 0.1) is 5.82 Å². The molecule has 0 aliphatic rings. The van der Waals surface area contributed by atoms with Gasteiger partial charge in [0.05, 0.1) is 5.69 Å². The van der Waals surface area contributed by atoms with Crippen molar-refractivity contribution < 1.29 is 4.39 Å². The van der Waals surface area contributed by atoms with Gasteiger partial charge in [0, 0.05) is 23.7 Å². The fourth-order valence-corrected chi connectivity index (χ4v) is 2.69. The Labute approximate surface area is 119 Å². The molecular weight excluding hydrogens is 273 g/mol. The van der Waals surface area contributed by atoms with Crippen LogP contribution in [0.4, 0.5) is 4.39 Å². The Balaban J connectivity index is 1.95. The van der Waals surface area contributed by atoms with Gasteiger partial charge in [-0.2, -0.15) is 0 Å². The number of rotatable bonds is 3. The molecule has 0 aliphatic heterocycles. The minimum atomic E-state index is -0.355. The zero-order chi connectivity index (χ0) is 13.9. The zero-order valence-electron chi connectivity index (χ0n) is 10.6. The summed E-state index contributed by atoms with van der Waals surface area (Å²) >= 11 is 1.38. The third-order valence-electron chi connectivity index (χ3n) is 2.95. The van der Waals surface area contributed by atoms with Crippen LogP contribution in [0.3, 0.4) is 0 Å². The van der Waals surface area contributed by atoms with Crippen LogP contribution in [0.15, 0.2) is 48.0 Å². The van der Waals surface area contributed by atoms with Gasteiger partial charge in [0.25, 0.3) is 0 Å². The van der Waals surface area contributed by atoms with Crippen LogP contribution in [-0.4, -0.2) is 9.97 Å². The fourth-order valence-electron chi connectivity index (χ4n) is 1.87.